The summed E-state index contributed by atoms with van der Waals surface area (Å²) in [6.45, 7) is 1.80. The van der Waals surface area contributed by atoms with E-state index in [-0.39, 0.29) is 5.71 Å². The molecule has 0 spiro atoms. The fourth-order valence-corrected chi connectivity index (χ4v) is 2.21. The van der Waals surface area contributed by atoms with Gasteiger partial charge < -0.3 is 21.5 Å². The molecule has 9 heteroatoms. The molecule has 0 fully saturated rings. The van der Waals surface area contributed by atoms with E-state index in [0.717, 1.165) is 5.69 Å². The normalized spacial score (nSPS) is 12.5. The fourth-order valence-electron chi connectivity index (χ4n) is 2.21. The van der Waals surface area contributed by atoms with Crippen molar-refractivity contribution in [2.75, 3.05) is 12.8 Å². The van der Waals surface area contributed by atoms with E-state index in [4.69, 9.17) is 16.2 Å². The number of carbonyl (C=O) groups excluding carboxylic acids is 2. The second kappa shape index (κ2) is 8.15. The molecule has 1 unspecified atom stereocenters. The number of hydrogen-bond donors (Lipinski definition) is 3. The van der Waals surface area contributed by atoms with E-state index >= 15 is 0 Å². The summed E-state index contributed by atoms with van der Waals surface area (Å²) in [7, 11) is 3.28. The van der Waals surface area contributed by atoms with E-state index in [1.54, 1.807) is 29.1 Å². The molecule has 0 bridgehead atoms. The standard InChI is InChI=1S/C17H22N6O3/c1-10(16(19)24)22-17(25)15(20-2)13-8-12(4-5-14(13)18)26-9-11-6-7-21-23(11)3/h4-8,10H,9,18H2,1-3H3,(H2,19,24)(H,22,25). The number of carbonyl (C=O) groups is 2. The topological polar surface area (TPSA) is 138 Å². The Kier molecular flexibility index (Phi) is 5.94. The molecular formula is C17H22N6O3. The summed E-state index contributed by atoms with van der Waals surface area (Å²) in [5, 5.41) is 6.56. The van der Waals surface area contributed by atoms with Crippen LogP contribution in [0.2, 0.25) is 0 Å². The van der Waals surface area contributed by atoms with Crippen molar-refractivity contribution in [2.45, 2.75) is 19.6 Å². The highest BCUT2D eigenvalue weighted by Crippen LogP contribution is 2.22. The number of primary amides is 1. The molecule has 1 aromatic heterocycles. The average molecular weight is 358 g/mol. The summed E-state index contributed by atoms with van der Waals surface area (Å²) in [6, 6.07) is 5.97. The lowest BCUT2D eigenvalue weighted by molar-refractivity contribution is -0.123. The van der Waals surface area contributed by atoms with Crippen molar-refractivity contribution < 1.29 is 14.3 Å². The van der Waals surface area contributed by atoms with Crippen molar-refractivity contribution in [3.05, 3.63) is 41.7 Å². The predicted octanol–water partition coefficient (Wildman–Crippen LogP) is -0.00980. The molecule has 5 N–H and O–H groups in total. The molecule has 0 aliphatic rings. The Balaban J connectivity index is 2.20. The van der Waals surface area contributed by atoms with E-state index < -0.39 is 17.9 Å². The molecule has 2 aromatic rings. The molecule has 0 aliphatic carbocycles. The van der Waals surface area contributed by atoms with Crippen LogP contribution < -0.4 is 21.5 Å². The maximum atomic E-state index is 12.4. The number of benzene rings is 1. The number of aromatic nitrogens is 2. The van der Waals surface area contributed by atoms with Gasteiger partial charge in [-0.15, -0.1) is 0 Å². The van der Waals surface area contributed by atoms with Gasteiger partial charge in [0.1, 0.15) is 24.1 Å². The van der Waals surface area contributed by atoms with E-state index in [1.165, 1.54) is 14.0 Å². The van der Waals surface area contributed by atoms with E-state index in [1.807, 2.05) is 13.1 Å². The van der Waals surface area contributed by atoms with Gasteiger partial charge in [0.15, 0.2) is 0 Å². The van der Waals surface area contributed by atoms with Crippen LogP contribution in [0.15, 0.2) is 35.5 Å². The lowest BCUT2D eigenvalue weighted by atomic mass is 10.1. The Morgan fingerprint density at radius 3 is 2.69 bits per heavy atom. The van der Waals surface area contributed by atoms with Gasteiger partial charge in [-0.05, 0) is 31.2 Å². The van der Waals surface area contributed by atoms with E-state index in [2.05, 4.69) is 15.4 Å². The molecule has 9 nitrogen and oxygen atoms in total. The van der Waals surface area contributed by atoms with Crippen molar-refractivity contribution in [1.82, 2.24) is 15.1 Å². The third-order valence-corrected chi connectivity index (χ3v) is 3.80. The zero-order chi connectivity index (χ0) is 19.3. The van der Waals surface area contributed by atoms with Crippen LogP contribution in [-0.2, 0) is 23.2 Å². The van der Waals surface area contributed by atoms with E-state index in [0.29, 0.717) is 23.6 Å². The third-order valence-electron chi connectivity index (χ3n) is 3.80. The maximum Gasteiger partial charge on any atom is 0.270 e. The number of ether oxygens (including phenoxy) is 1. The minimum atomic E-state index is -0.829. The van der Waals surface area contributed by atoms with Crippen molar-refractivity contribution >= 4 is 23.2 Å². The van der Waals surface area contributed by atoms with E-state index in [9.17, 15) is 9.59 Å². The fraction of sp³-hybridized carbons (Fsp3) is 0.294. The SMILES string of the molecule is CN=C(C(=O)NC(C)C(N)=O)c1cc(OCc2ccnn2C)ccc1N. The predicted molar refractivity (Wildman–Crippen MR) is 97.7 cm³/mol. The van der Waals surface area contributed by atoms with Crippen molar-refractivity contribution in [1.29, 1.82) is 0 Å². The summed E-state index contributed by atoms with van der Waals surface area (Å²) in [6.07, 6.45) is 1.68. The number of nitrogens with two attached hydrogens (primary N) is 2. The molecule has 0 aliphatic heterocycles. The number of aryl methyl sites for hydroxylation is 1. The molecule has 1 aromatic carbocycles. The Labute approximate surface area is 151 Å². The van der Waals surface area contributed by atoms with Gasteiger partial charge in [-0.1, -0.05) is 0 Å². The Morgan fingerprint density at radius 1 is 1.38 bits per heavy atom. The third kappa shape index (κ3) is 4.38. The maximum absolute atomic E-state index is 12.4. The van der Waals surface area contributed by atoms with Crippen molar-refractivity contribution in [3.63, 3.8) is 0 Å². The van der Waals surface area contributed by atoms with Gasteiger partial charge in [0.05, 0.1) is 5.69 Å². The molecule has 1 atom stereocenters. The van der Waals surface area contributed by atoms with Crippen LogP contribution in [0.5, 0.6) is 5.75 Å². The summed E-state index contributed by atoms with van der Waals surface area (Å²) in [5.41, 5.74) is 12.9. The van der Waals surface area contributed by atoms with Crippen LogP contribution in [0, 0.1) is 0 Å². The van der Waals surface area contributed by atoms with Gasteiger partial charge in [-0.3, -0.25) is 19.3 Å². The molecule has 0 radical (unpaired) electrons. The zero-order valence-electron chi connectivity index (χ0n) is 14.9. The molecule has 138 valence electrons. The molecule has 0 saturated carbocycles. The summed E-state index contributed by atoms with van der Waals surface area (Å²) in [5.74, 6) is -0.670. The number of aliphatic imine (C=N–C) groups is 1. The summed E-state index contributed by atoms with van der Waals surface area (Å²) in [4.78, 5) is 27.5. The largest absolute Gasteiger partial charge is 0.487 e. The first-order valence-electron chi connectivity index (χ1n) is 7.90. The van der Waals surface area contributed by atoms with Gasteiger partial charge in [-0.2, -0.15) is 5.10 Å². The number of rotatable bonds is 7. The molecular weight excluding hydrogens is 336 g/mol. The van der Waals surface area contributed by atoms with Gasteiger partial charge in [-0.25, -0.2) is 0 Å². The molecule has 2 rings (SSSR count). The van der Waals surface area contributed by atoms with Gasteiger partial charge in [0.25, 0.3) is 5.91 Å². The number of nitrogens with zero attached hydrogens (tertiary/aromatic N) is 3. The number of amides is 2. The summed E-state index contributed by atoms with van der Waals surface area (Å²) >= 11 is 0. The van der Waals surface area contributed by atoms with Crippen LogP contribution in [0.25, 0.3) is 0 Å². The smallest absolute Gasteiger partial charge is 0.270 e. The van der Waals surface area contributed by atoms with Crippen LogP contribution in [0.3, 0.4) is 0 Å². The monoisotopic (exact) mass is 358 g/mol. The van der Waals surface area contributed by atoms with Crippen LogP contribution in [0.4, 0.5) is 5.69 Å². The number of nitrogens with one attached hydrogen (secondary N) is 1. The number of hydrogen-bond acceptors (Lipinski definition) is 6. The van der Waals surface area contributed by atoms with Gasteiger partial charge >= 0.3 is 0 Å². The number of anilines is 1. The highest BCUT2D eigenvalue weighted by molar-refractivity contribution is 6.46. The molecule has 0 saturated heterocycles. The minimum Gasteiger partial charge on any atom is -0.487 e. The Hall–Kier alpha value is -3.36. The second-order valence-corrected chi connectivity index (χ2v) is 5.65. The average Bonchev–Trinajstić information content (AvgIpc) is 3.00. The second-order valence-electron chi connectivity index (χ2n) is 5.65. The van der Waals surface area contributed by atoms with Crippen LogP contribution in [0.1, 0.15) is 18.2 Å². The minimum absolute atomic E-state index is 0.0848. The zero-order valence-corrected chi connectivity index (χ0v) is 14.9. The van der Waals surface area contributed by atoms with Crippen LogP contribution in [-0.4, -0.2) is 40.4 Å². The van der Waals surface area contributed by atoms with Crippen molar-refractivity contribution in [2.24, 2.45) is 17.8 Å². The first kappa shape index (κ1) is 19.0. The van der Waals surface area contributed by atoms with Gasteiger partial charge in [0, 0.05) is 31.5 Å². The number of nitrogen functional groups attached to an aromatic ring is 1. The van der Waals surface area contributed by atoms with Gasteiger partial charge in [0.2, 0.25) is 5.91 Å². The first-order valence-corrected chi connectivity index (χ1v) is 7.90. The Bertz CT molecular complexity index is 843. The first-order chi connectivity index (χ1) is 12.3. The molecule has 26 heavy (non-hydrogen) atoms. The highest BCUT2D eigenvalue weighted by Gasteiger charge is 2.20. The summed E-state index contributed by atoms with van der Waals surface area (Å²) < 4.78 is 7.45. The quantitative estimate of drug-likeness (QED) is 0.472. The Morgan fingerprint density at radius 2 is 2.12 bits per heavy atom. The van der Waals surface area contributed by atoms with Crippen LogP contribution >= 0.6 is 0 Å². The lowest BCUT2D eigenvalue weighted by Gasteiger charge is -2.14. The lowest BCUT2D eigenvalue weighted by Crippen LogP contribution is -2.45. The molecule has 1 heterocycles. The highest BCUT2D eigenvalue weighted by atomic mass is 16.5. The molecule has 2 amide bonds. The van der Waals surface area contributed by atoms with Crippen molar-refractivity contribution in [3.8, 4) is 5.75 Å².